The highest BCUT2D eigenvalue weighted by atomic mass is 32.1. The zero-order valence-corrected chi connectivity index (χ0v) is 13.3. The summed E-state index contributed by atoms with van der Waals surface area (Å²) in [5.41, 5.74) is 2.92. The number of benzene rings is 1. The maximum atomic E-state index is 12.0. The Morgan fingerprint density at radius 3 is 2.78 bits per heavy atom. The predicted octanol–water partition coefficient (Wildman–Crippen LogP) is 3.40. The van der Waals surface area contributed by atoms with Crippen molar-refractivity contribution >= 4 is 23.1 Å². The molecule has 2 N–H and O–H groups in total. The van der Waals surface area contributed by atoms with Crippen LogP contribution in [-0.4, -0.2) is 21.0 Å². The van der Waals surface area contributed by atoms with E-state index < -0.39 is 0 Å². The fourth-order valence-electron chi connectivity index (χ4n) is 2.05. The average molecular weight is 325 g/mol. The molecule has 0 aliphatic carbocycles. The van der Waals surface area contributed by atoms with Crippen LogP contribution in [-0.2, 0) is 11.2 Å². The summed E-state index contributed by atoms with van der Waals surface area (Å²) in [6, 6.07) is 11.2. The number of carbonyl (C=O) groups is 1. The van der Waals surface area contributed by atoms with Crippen molar-refractivity contribution in [2.24, 2.45) is 0 Å². The zero-order chi connectivity index (χ0) is 16.2. The first-order valence-electron chi connectivity index (χ1n) is 7.07. The number of aryl methyl sites for hydroxylation is 1. The number of carbonyl (C=O) groups excluding carboxylic acids is 1. The minimum atomic E-state index is -0.264. The summed E-state index contributed by atoms with van der Waals surface area (Å²) in [4.78, 5) is 20.4. The fraction of sp³-hybridized carbons (Fsp3) is 0.118. The van der Waals surface area contributed by atoms with E-state index in [1.165, 1.54) is 29.2 Å². The molecule has 1 aromatic carbocycles. The second-order valence-electron chi connectivity index (χ2n) is 5.11. The molecule has 0 saturated heterocycles. The zero-order valence-electron chi connectivity index (χ0n) is 12.5. The van der Waals surface area contributed by atoms with Gasteiger partial charge in [0.15, 0.2) is 11.6 Å². The molecule has 3 aromatic rings. The molecule has 6 heteroatoms. The molecule has 0 saturated carbocycles. The topological polar surface area (TPSA) is 75.1 Å². The SMILES string of the molecule is Cc1ccc(-c2nc(CC(=O)Nc3ncccc3O)cs2)cc1. The summed E-state index contributed by atoms with van der Waals surface area (Å²) in [7, 11) is 0. The van der Waals surface area contributed by atoms with Crippen LogP contribution >= 0.6 is 11.3 Å². The molecule has 1 amide bonds. The number of hydrogen-bond acceptors (Lipinski definition) is 5. The van der Waals surface area contributed by atoms with Crippen molar-refractivity contribution in [1.82, 2.24) is 9.97 Å². The Balaban J connectivity index is 1.68. The van der Waals surface area contributed by atoms with Gasteiger partial charge in [-0.15, -0.1) is 11.3 Å². The van der Waals surface area contributed by atoms with Crippen LogP contribution in [0, 0.1) is 6.92 Å². The number of thiazole rings is 1. The van der Waals surface area contributed by atoms with Crippen LogP contribution < -0.4 is 5.32 Å². The number of aromatic hydroxyl groups is 1. The maximum Gasteiger partial charge on any atom is 0.231 e. The highest BCUT2D eigenvalue weighted by Gasteiger charge is 2.11. The van der Waals surface area contributed by atoms with E-state index in [-0.39, 0.29) is 23.9 Å². The number of rotatable bonds is 4. The number of pyridine rings is 1. The van der Waals surface area contributed by atoms with Crippen molar-refractivity contribution in [2.45, 2.75) is 13.3 Å². The van der Waals surface area contributed by atoms with Gasteiger partial charge in [0, 0.05) is 17.1 Å². The molecule has 3 rings (SSSR count). The number of anilines is 1. The summed E-state index contributed by atoms with van der Waals surface area (Å²) in [6.07, 6.45) is 1.64. The van der Waals surface area contributed by atoms with E-state index in [4.69, 9.17) is 0 Å². The molecule has 0 unspecified atom stereocenters. The van der Waals surface area contributed by atoms with Crippen molar-refractivity contribution < 1.29 is 9.90 Å². The van der Waals surface area contributed by atoms with Crippen LogP contribution in [0.1, 0.15) is 11.3 Å². The van der Waals surface area contributed by atoms with Gasteiger partial charge in [0.05, 0.1) is 12.1 Å². The molecule has 2 aromatic heterocycles. The van der Waals surface area contributed by atoms with Gasteiger partial charge < -0.3 is 10.4 Å². The van der Waals surface area contributed by atoms with Crippen LogP contribution in [0.2, 0.25) is 0 Å². The maximum absolute atomic E-state index is 12.0. The molecule has 0 radical (unpaired) electrons. The first-order valence-corrected chi connectivity index (χ1v) is 7.95. The minimum Gasteiger partial charge on any atom is -0.504 e. The largest absolute Gasteiger partial charge is 0.504 e. The fourth-order valence-corrected chi connectivity index (χ4v) is 2.88. The molecule has 0 bridgehead atoms. The third kappa shape index (κ3) is 3.73. The first-order chi connectivity index (χ1) is 11.1. The van der Waals surface area contributed by atoms with Crippen molar-refractivity contribution in [3.05, 3.63) is 59.2 Å². The molecule has 5 nitrogen and oxygen atoms in total. The average Bonchev–Trinajstić information content (AvgIpc) is 2.98. The van der Waals surface area contributed by atoms with Crippen LogP contribution in [0.15, 0.2) is 48.0 Å². The van der Waals surface area contributed by atoms with Gasteiger partial charge in [-0.3, -0.25) is 4.79 Å². The van der Waals surface area contributed by atoms with E-state index in [1.807, 2.05) is 36.6 Å². The normalized spacial score (nSPS) is 10.5. The highest BCUT2D eigenvalue weighted by Crippen LogP contribution is 2.24. The number of nitrogens with one attached hydrogen (secondary N) is 1. The van der Waals surface area contributed by atoms with Crippen molar-refractivity contribution in [2.75, 3.05) is 5.32 Å². The van der Waals surface area contributed by atoms with Gasteiger partial charge >= 0.3 is 0 Å². The van der Waals surface area contributed by atoms with Crippen molar-refractivity contribution in [3.63, 3.8) is 0 Å². The van der Waals surface area contributed by atoms with E-state index in [0.29, 0.717) is 5.69 Å². The molecule has 0 aliphatic heterocycles. The number of nitrogens with zero attached hydrogens (tertiary/aromatic N) is 2. The second-order valence-corrected chi connectivity index (χ2v) is 5.96. The minimum absolute atomic E-state index is 0.0560. The van der Waals surface area contributed by atoms with Crippen molar-refractivity contribution in [3.8, 4) is 16.3 Å². The summed E-state index contributed by atoms with van der Waals surface area (Å²) in [5, 5.41) is 14.9. The summed E-state index contributed by atoms with van der Waals surface area (Å²) in [5.74, 6) is -0.161. The molecule has 0 spiro atoms. The van der Waals surface area contributed by atoms with E-state index in [2.05, 4.69) is 15.3 Å². The third-order valence-corrected chi connectivity index (χ3v) is 4.18. The molecule has 0 fully saturated rings. The summed E-state index contributed by atoms with van der Waals surface area (Å²) >= 11 is 1.50. The van der Waals surface area contributed by atoms with E-state index >= 15 is 0 Å². The Labute approximate surface area is 137 Å². The van der Waals surface area contributed by atoms with Crippen LogP contribution in [0.3, 0.4) is 0 Å². The quantitative estimate of drug-likeness (QED) is 0.771. The van der Waals surface area contributed by atoms with E-state index in [9.17, 15) is 9.90 Å². The second kappa shape index (κ2) is 6.58. The smallest absolute Gasteiger partial charge is 0.231 e. The van der Waals surface area contributed by atoms with Crippen molar-refractivity contribution in [1.29, 1.82) is 0 Å². The van der Waals surface area contributed by atoms with Gasteiger partial charge in [-0.05, 0) is 19.1 Å². The Hall–Kier alpha value is -2.73. The molecule has 0 atom stereocenters. The lowest BCUT2D eigenvalue weighted by Crippen LogP contribution is -2.15. The van der Waals surface area contributed by atoms with Gasteiger partial charge in [0.1, 0.15) is 5.01 Å². The molecular formula is C17H15N3O2S. The number of amides is 1. The first kappa shape index (κ1) is 15.2. The van der Waals surface area contributed by atoms with Crippen LogP contribution in [0.5, 0.6) is 5.75 Å². The Kier molecular flexibility index (Phi) is 4.34. The molecule has 2 heterocycles. The lowest BCUT2D eigenvalue weighted by molar-refractivity contribution is -0.115. The number of aromatic nitrogens is 2. The lowest BCUT2D eigenvalue weighted by atomic mass is 10.2. The van der Waals surface area contributed by atoms with E-state index in [1.54, 1.807) is 6.07 Å². The lowest BCUT2D eigenvalue weighted by Gasteiger charge is -2.04. The standard InChI is InChI=1S/C17H15N3O2S/c1-11-4-6-12(7-5-11)17-19-13(10-23-17)9-15(22)20-16-14(21)3-2-8-18-16/h2-8,10,21H,9H2,1H3,(H,18,20,22). The Bertz CT molecular complexity index is 828. The van der Waals surface area contributed by atoms with Gasteiger partial charge in [-0.25, -0.2) is 9.97 Å². The van der Waals surface area contributed by atoms with E-state index in [0.717, 1.165) is 10.6 Å². The predicted molar refractivity (Wildman–Crippen MR) is 90.5 cm³/mol. The molecule has 23 heavy (non-hydrogen) atoms. The summed E-state index contributed by atoms with van der Waals surface area (Å²) < 4.78 is 0. The third-order valence-electron chi connectivity index (χ3n) is 3.24. The Morgan fingerprint density at radius 1 is 1.26 bits per heavy atom. The Morgan fingerprint density at radius 2 is 2.04 bits per heavy atom. The van der Waals surface area contributed by atoms with Crippen LogP contribution in [0.25, 0.3) is 10.6 Å². The molecule has 0 aliphatic rings. The number of hydrogen-bond donors (Lipinski definition) is 2. The van der Waals surface area contributed by atoms with Gasteiger partial charge in [-0.1, -0.05) is 29.8 Å². The summed E-state index contributed by atoms with van der Waals surface area (Å²) in [6.45, 7) is 2.04. The van der Waals surface area contributed by atoms with Gasteiger partial charge in [0.25, 0.3) is 0 Å². The molecular weight excluding hydrogens is 310 g/mol. The van der Waals surface area contributed by atoms with Crippen LogP contribution in [0.4, 0.5) is 5.82 Å². The monoisotopic (exact) mass is 325 g/mol. The highest BCUT2D eigenvalue weighted by molar-refractivity contribution is 7.13. The van der Waals surface area contributed by atoms with Gasteiger partial charge in [0.2, 0.25) is 5.91 Å². The molecule has 116 valence electrons. The van der Waals surface area contributed by atoms with Gasteiger partial charge in [-0.2, -0.15) is 0 Å².